The van der Waals surface area contributed by atoms with E-state index in [4.69, 9.17) is 5.11 Å². The third kappa shape index (κ3) is 5.37. The molecular formula is C18H26N2O4. The number of benzene rings is 1. The molecule has 1 aromatic rings. The number of nitrogens with one attached hydrogen (secondary N) is 1. The van der Waals surface area contributed by atoms with Gasteiger partial charge in [-0.2, -0.15) is 0 Å². The Morgan fingerprint density at radius 2 is 1.75 bits per heavy atom. The summed E-state index contributed by atoms with van der Waals surface area (Å²) in [6.45, 7) is 3.28. The molecule has 0 radical (unpaired) electrons. The van der Waals surface area contributed by atoms with Crippen molar-refractivity contribution in [1.29, 1.82) is 0 Å². The highest BCUT2D eigenvalue weighted by molar-refractivity contribution is 5.90. The number of carboxylic acids is 1. The summed E-state index contributed by atoms with van der Waals surface area (Å²) in [5.74, 6) is -3.11. The van der Waals surface area contributed by atoms with Crippen LogP contribution < -0.4 is 5.32 Å². The largest absolute Gasteiger partial charge is 0.481 e. The third-order valence-corrected chi connectivity index (χ3v) is 4.11. The number of nitrogens with zero attached hydrogens (tertiary/aromatic N) is 1. The Labute approximate surface area is 142 Å². The van der Waals surface area contributed by atoms with Crippen LogP contribution in [-0.4, -0.2) is 47.9 Å². The molecule has 6 heteroatoms. The molecule has 1 rings (SSSR count). The first-order valence-electron chi connectivity index (χ1n) is 8.06. The fraction of sp³-hybridized carbons (Fsp3) is 0.500. The third-order valence-electron chi connectivity index (χ3n) is 4.11. The first kappa shape index (κ1) is 19.7. The average molecular weight is 334 g/mol. The molecule has 2 amide bonds. The SMILES string of the molecule is CCC(C(=O)NC(Cc1ccccc1)C(=O)N(C)C)C(C)C(=O)O. The molecule has 6 nitrogen and oxygen atoms in total. The zero-order chi connectivity index (χ0) is 18.3. The van der Waals surface area contributed by atoms with Gasteiger partial charge in [0.2, 0.25) is 11.8 Å². The second-order valence-electron chi connectivity index (χ2n) is 6.13. The summed E-state index contributed by atoms with van der Waals surface area (Å²) in [5, 5.41) is 11.9. The van der Waals surface area contributed by atoms with Gasteiger partial charge in [0.1, 0.15) is 6.04 Å². The predicted molar refractivity (Wildman–Crippen MR) is 91.4 cm³/mol. The maximum absolute atomic E-state index is 12.5. The number of carbonyl (C=O) groups excluding carboxylic acids is 2. The van der Waals surface area contributed by atoms with Crippen LogP contribution in [-0.2, 0) is 20.8 Å². The lowest BCUT2D eigenvalue weighted by Crippen LogP contribution is -2.50. The standard InChI is InChI=1S/C18H26N2O4/c1-5-14(12(2)18(23)24)16(21)19-15(17(22)20(3)4)11-13-9-7-6-8-10-13/h6-10,12,14-15H,5,11H2,1-4H3,(H,19,21)(H,23,24). The number of hydrogen-bond donors (Lipinski definition) is 2. The molecule has 0 aromatic heterocycles. The summed E-state index contributed by atoms with van der Waals surface area (Å²) < 4.78 is 0. The summed E-state index contributed by atoms with van der Waals surface area (Å²) >= 11 is 0. The molecule has 1 aromatic carbocycles. The van der Waals surface area contributed by atoms with Crippen LogP contribution in [0.2, 0.25) is 0 Å². The quantitative estimate of drug-likeness (QED) is 0.755. The number of carboxylic acid groups (broad SMARTS) is 1. The molecule has 2 N–H and O–H groups in total. The van der Waals surface area contributed by atoms with E-state index in [1.807, 2.05) is 30.3 Å². The fourth-order valence-corrected chi connectivity index (χ4v) is 2.58. The Morgan fingerprint density at radius 1 is 1.17 bits per heavy atom. The van der Waals surface area contributed by atoms with Crippen molar-refractivity contribution in [2.45, 2.75) is 32.7 Å². The van der Waals surface area contributed by atoms with Gasteiger partial charge >= 0.3 is 5.97 Å². The Morgan fingerprint density at radius 3 is 2.21 bits per heavy atom. The molecular weight excluding hydrogens is 308 g/mol. The lowest BCUT2D eigenvalue weighted by Gasteiger charge is -2.25. The smallest absolute Gasteiger partial charge is 0.307 e. The van der Waals surface area contributed by atoms with E-state index in [0.717, 1.165) is 5.56 Å². The second-order valence-corrected chi connectivity index (χ2v) is 6.13. The molecule has 0 saturated carbocycles. The molecule has 132 valence electrons. The molecule has 24 heavy (non-hydrogen) atoms. The number of rotatable bonds is 8. The van der Waals surface area contributed by atoms with Gasteiger partial charge < -0.3 is 15.3 Å². The van der Waals surface area contributed by atoms with Crippen LogP contribution in [0.3, 0.4) is 0 Å². The highest BCUT2D eigenvalue weighted by Crippen LogP contribution is 2.17. The monoisotopic (exact) mass is 334 g/mol. The van der Waals surface area contributed by atoms with E-state index >= 15 is 0 Å². The molecule has 0 fully saturated rings. The van der Waals surface area contributed by atoms with Crippen molar-refractivity contribution in [2.24, 2.45) is 11.8 Å². The van der Waals surface area contributed by atoms with Gasteiger partial charge in [0, 0.05) is 20.5 Å². The normalized spacial score (nSPS) is 14.3. The van der Waals surface area contributed by atoms with Crippen molar-refractivity contribution in [3.05, 3.63) is 35.9 Å². The number of hydrogen-bond acceptors (Lipinski definition) is 3. The second kappa shape index (κ2) is 9.05. The van der Waals surface area contributed by atoms with Gasteiger partial charge in [-0.15, -0.1) is 0 Å². The molecule has 0 aliphatic rings. The van der Waals surface area contributed by atoms with Gasteiger partial charge in [-0.3, -0.25) is 14.4 Å². The van der Waals surface area contributed by atoms with Gasteiger partial charge in [-0.25, -0.2) is 0 Å². The Balaban J connectivity index is 2.93. The van der Waals surface area contributed by atoms with Gasteiger partial charge in [0.05, 0.1) is 11.8 Å². The van der Waals surface area contributed by atoms with Gasteiger partial charge in [0.15, 0.2) is 0 Å². The highest BCUT2D eigenvalue weighted by atomic mass is 16.4. The van der Waals surface area contributed by atoms with E-state index < -0.39 is 29.8 Å². The van der Waals surface area contributed by atoms with E-state index in [-0.39, 0.29) is 5.91 Å². The van der Waals surface area contributed by atoms with E-state index in [1.54, 1.807) is 21.0 Å². The highest BCUT2D eigenvalue weighted by Gasteiger charge is 2.31. The van der Waals surface area contributed by atoms with Crippen molar-refractivity contribution in [2.75, 3.05) is 14.1 Å². The Kier molecular flexibility index (Phi) is 7.42. The molecule has 3 unspecified atom stereocenters. The number of aliphatic carboxylic acids is 1. The minimum atomic E-state index is -1.02. The number of likely N-dealkylation sites (N-methyl/N-ethyl adjacent to an activating group) is 1. The molecule has 0 saturated heterocycles. The summed E-state index contributed by atoms with van der Waals surface area (Å²) in [4.78, 5) is 37.5. The molecule has 0 bridgehead atoms. The molecule has 3 atom stereocenters. The van der Waals surface area contributed by atoms with Crippen LogP contribution in [0.4, 0.5) is 0 Å². The summed E-state index contributed by atoms with van der Waals surface area (Å²) in [7, 11) is 3.26. The zero-order valence-electron chi connectivity index (χ0n) is 14.7. The maximum Gasteiger partial charge on any atom is 0.307 e. The van der Waals surface area contributed by atoms with E-state index in [9.17, 15) is 14.4 Å². The van der Waals surface area contributed by atoms with Crippen molar-refractivity contribution < 1.29 is 19.5 Å². The van der Waals surface area contributed by atoms with Crippen molar-refractivity contribution >= 4 is 17.8 Å². The molecule has 0 aliphatic carbocycles. The maximum atomic E-state index is 12.5. The lowest BCUT2D eigenvalue weighted by molar-refractivity contribution is -0.147. The number of carbonyl (C=O) groups is 3. The van der Waals surface area contributed by atoms with Crippen LogP contribution in [0.15, 0.2) is 30.3 Å². The van der Waals surface area contributed by atoms with Crippen molar-refractivity contribution in [1.82, 2.24) is 10.2 Å². The van der Waals surface area contributed by atoms with Crippen LogP contribution in [0, 0.1) is 11.8 Å². The fourth-order valence-electron chi connectivity index (χ4n) is 2.58. The van der Waals surface area contributed by atoms with Crippen LogP contribution in [0.1, 0.15) is 25.8 Å². The van der Waals surface area contributed by atoms with E-state index in [1.165, 1.54) is 11.8 Å². The van der Waals surface area contributed by atoms with Crippen molar-refractivity contribution in [3.8, 4) is 0 Å². The van der Waals surface area contributed by atoms with Crippen LogP contribution >= 0.6 is 0 Å². The minimum Gasteiger partial charge on any atom is -0.481 e. The van der Waals surface area contributed by atoms with Gasteiger partial charge in [0.25, 0.3) is 0 Å². The predicted octanol–water partition coefficient (Wildman–Crippen LogP) is 1.55. The minimum absolute atomic E-state index is 0.218. The molecule has 0 heterocycles. The number of amides is 2. The molecule has 0 spiro atoms. The Hall–Kier alpha value is -2.37. The summed E-state index contributed by atoms with van der Waals surface area (Å²) in [5.41, 5.74) is 0.928. The zero-order valence-corrected chi connectivity index (χ0v) is 14.7. The van der Waals surface area contributed by atoms with Crippen LogP contribution in [0.25, 0.3) is 0 Å². The van der Waals surface area contributed by atoms with E-state index in [0.29, 0.717) is 12.8 Å². The Bertz CT molecular complexity index is 572. The van der Waals surface area contributed by atoms with Gasteiger partial charge in [-0.1, -0.05) is 44.2 Å². The van der Waals surface area contributed by atoms with E-state index in [2.05, 4.69) is 5.32 Å². The van der Waals surface area contributed by atoms with Gasteiger partial charge in [-0.05, 0) is 12.0 Å². The summed E-state index contributed by atoms with van der Waals surface area (Å²) in [6, 6.07) is 8.68. The topological polar surface area (TPSA) is 86.7 Å². The average Bonchev–Trinajstić information content (AvgIpc) is 2.54. The molecule has 0 aliphatic heterocycles. The van der Waals surface area contributed by atoms with Crippen molar-refractivity contribution in [3.63, 3.8) is 0 Å². The lowest BCUT2D eigenvalue weighted by atomic mass is 9.90. The summed E-state index contributed by atoms with van der Waals surface area (Å²) in [6.07, 6.45) is 0.759. The first-order chi connectivity index (χ1) is 11.3. The first-order valence-corrected chi connectivity index (χ1v) is 8.06. The van der Waals surface area contributed by atoms with Crippen LogP contribution in [0.5, 0.6) is 0 Å².